The fourth-order valence-electron chi connectivity index (χ4n) is 2.60. The lowest BCUT2D eigenvalue weighted by Crippen LogP contribution is -1.77. The second-order valence-electron chi connectivity index (χ2n) is 4.79. The summed E-state index contributed by atoms with van der Waals surface area (Å²) in [5.41, 5.74) is 2.58. The van der Waals surface area contributed by atoms with Crippen molar-refractivity contribution in [3.8, 4) is 11.1 Å². The van der Waals surface area contributed by atoms with Gasteiger partial charge < -0.3 is 0 Å². The topological polar surface area (TPSA) is 0 Å². The summed E-state index contributed by atoms with van der Waals surface area (Å²) in [6, 6.07) is 23.7. The maximum atomic E-state index is 3.50. The quantitative estimate of drug-likeness (QED) is 0.326. The summed E-state index contributed by atoms with van der Waals surface area (Å²) in [6.45, 7) is 4.00. The first-order valence-electron chi connectivity index (χ1n) is 7.49. The van der Waals surface area contributed by atoms with Crippen molar-refractivity contribution >= 4 is 47.4 Å². The number of halogens is 1. The Hall–Kier alpha value is -1.64. The van der Waals surface area contributed by atoms with Crippen LogP contribution in [0.5, 0.6) is 0 Å². The van der Waals surface area contributed by atoms with Crippen molar-refractivity contribution in [1.29, 1.82) is 0 Å². The Morgan fingerprint density at radius 3 is 2.18 bits per heavy atom. The first-order chi connectivity index (χ1) is 10.8. The minimum absolute atomic E-state index is 1.12. The van der Waals surface area contributed by atoms with E-state index in [-0.39, 0.29) is 0 Å². The first-order valence-corrected chi connectivity index (χ1v) is 9.10. The van der Waals surface area contributed by atoms with Crippen LogP contribution in [0.25, 0.3) is 31.3 Å². The molecule has 1 heterocycles. The molecule has 3 aromatic carbocycles. The molecule has 0 amide bonds. The lowest BCUT2D eigenvalue weighted by molar-refractivity contribution is 1.50. The Morgan fingerprint density at radius 1 is 0.727 bits per heavy atom. The van der Waals surface area contributed by atoms with Crippen molar-refractivity contribution in [1.82, 2.24) is 0 Å². The Morgan fingerprint density at radius 2 is 1.41 bits per heavy atom. The molecule has 1 aromatic heterocycles. The number of fused-ring (bicyclic) bond motifs is 3. The molecule has 22 heavy (non-hydrogen) atoms. The van der Waals surface area contributed by atoms with Crippen LogP contribution in [0.15, 0.2) is 71.2 Å². The van der Waals surface area contributed by atoms with Crippen molar-refractivity contribution < 1.29 is 0 Å². The molecule has 0 fully saturated rings. The van der Waals surface area contributed by atoms with Gasteiger partial charge in [-0.2, -0.15) is 0 Å². The molecule has 110 valence electrons. The largest absolute Gasteiger partial charge is 0.135 e. The van der Waals surface area contributed by atoms with E-state index in [0.717, 1.165) is 4.47 Å². The monoisotopic (exact) mass is 368 g/mol. The number of benzene rings is 3. The summed E-state index contributed by atoms with van der Waals surface area (Å²) in [5, 5.41) is 2.71. The average Bonchev–Trinajstić information content (AvgIpc) is 2.96. The molecule has 0 aliphatic heterocycles. The third-order valence-corrected chi connectivity index (χ3v) is 5.31. The van der Waals surface area contributed by atoms with Gasteiger partial charge in [0.2, 0.25) is 0 Å². The molecule has 0 N–H and O–H groups in total. The van der Waals surface area contributed by atoms with E-state index in [1.165, 1.54) is 31.3 Å². The molecule has 4 aromatic rings. The predicted molar refractivity (Wildman–Crippen MR) is 104 cm³/mol. The van der Waals surface area contributed by atoms with Crippen LogP contribution < -0.4 is 0 Å². The Balaban J connectivity index is 0.000000693. The molecule has 0 aliphatic rings. The van der Waals surface area contributed by atoms with Crippen molar-refractivity contribution in [2.75, 3.05) is 0 Å². The average molecular weight is 369 g/mol. The van der Waals surface area contributed by atoms with Gasteiger partial charge in [0.1, 0.15) is 0 Å². The normalized spacial score (nSPS) is 10.5. The zero-order valence-electron chi connectivity index (χ0n) is 12.6. The van der Waals surface area contributed by atoms with E-state index in [9.17, 15) is 0 Å². The SMILES string of the molecule is Brc1ccc(-c2cccc3c2sc2ccccc23)cc1.CC. The zero-order chi connectivity index (χ0) is 15.5. The Kier molecular flexibility index (Phi) is 4.60. The molecule has 0 nitrogen and oxygen atoms in total. The lowest BCUT2D eigenvalue weighted by Gasteiger charge is -2.03. The second kappa shape index (κ2) is 6.64. The van der Waals surface area contributed by atoms with Crippen LogP contribution in [-0.4, -0.2) is 0 Å². The second-order valence-corrected chi connectivity index (χ2v) is 6.76. The lowest BCUT2D eigenvalue weighted by atomic mass is 10.0. The molecule has 0 saturated carbocycles. The fraction of sp³-hybridized carbons (Fsp3) is 0.100. The summed E-state index contributed by atoms with van der Waals surface area (Å²) in [5.74, 6) is 0. The van der Waals surface area contributed by atoms with Gasteiger partial charge in [-0.25, -0.2) is 0 Å². The van der Waals surface area contributed by atoms with E-state index < -0.39 is 0 Å². The van der Waals surface area contributed by atoms with Crippen molar-refractivity contribution in [3.63, 3.8) is 0 Å². The fourth-order valence-corrected chi connectivity index (χ4v) is 4.11. The molecular formula is C20H17BrS. The van der Waals surface area contributed by atoms with Gasteiger partial charge in [-0.1, -0.05) is 78.3 Å². The summed E-state index contributed by atoms with van der Waals surface area (Å²) >= 11 is 5.37. The molecule has 0 aliphatic carbocycles. The van der Waals surface area contributed by atoms with Crippen molar-refractivity contribution in [2.45, 2.75) is 13.8 Å². The maximum Gasteiger partial charge on any atom is 0.0433 e. The summed E-state index contributed by atoms with van der Waals surface area (Å²) in [7, 11) is 0. The summed E-state index contributed by atoms with van der Waals surface area (Å²) < 4.78 is 3.84. The van der Waals surface area contributed by atoms with Gasteiger partial charge in [-0.05, 0) is 29.3 Å². The number of rotatable bonds is 1. The minimum Gasteiger partial charge on any atom is -0.135 e. The van der Waals surface area contributed by atoms with Gasteiger partial charge in [-0.15, -0.1) is 11.3 Å². The van der Waals surface area contributed by atoms with Gasteiger partial charge >= 0.3 is 0 Å². The highest BCUT2D eigenvalue weighted by molar-refractivity contribution is 9.10. The summed E-state index contributed by atoms with van der Waals surface area (Å²) in [4.78, 5) is 0. The standard InChI is InChI=1S/C18H11BrS.C2H6/c19-13-10-8-12(9-11-13)14-5-3-6-16-15-4-1-2-7-17(15)20-18(14)16;1-2/h1-11H;1-2H3. The van der Waals surface area contributed by atoms with Crippen LogP contribution in [0.3, 0.4) is 0 Å². The van der Waals surface area contributed by atoms with E-state index in [2.05, 4.69) is 82.7 Å². The highest BCUT2D eigenvalue weighted by Crippen LogP contribution is 2.39. The van der Waals surface area contributed by atoms with E-state index in [4.69, 9.17) is 0 Å². The van der Waals surface area contributed by atoms with E-state index in [0.29, 0.717) is 0 Å². The molecule has 2 heteroatoms. The summed E-state index contributed by atoms with van der Waals surface area (Å²) in [6.07, 6.45) is 0. The molecule has 0 saturated heterocycles. The number of thiophene rings is 1. The van der Waals surface area contributed by atoms with Crippen LogP contribution in [0.4, 0.5) is 0 Å². The minimum atomic E-state index is 1.12. The molecule has 0 spiro atoms. The van der Waals surface area contributed by atoms with Crippen LogP contribution in [0.2, 0.25) is 0 Å². The molecule has 0 unspecified atom stereocenters. The Labute approximate surface area is 143 Å². The molecule has 4 rings (SSSR count). The van der Waals surface area contributed by atoms with E-state index in [1.54, 1.807) is 0 Å². The number of hydrogen-bond donors (Lipinski definition) is 0. The predicted octanol–water partition coefficient (Wildman–Crippen LogP) is 7.51. The highest BCUT2D eigenvalue weighted by Gasteiger charge is 2.09. The van der Waals surface area contributed by atoms with Crippen LogP contribution in [0, 0.1) is 0 Å². The molecule has 0 atom stereocenters. The smallest absolute Gasteiger partial charge is 0.0433 e. The Bertz CT molecular complexity index is 904. The van der Waals surface area contributed by atoms with E-state index >= 15 is 0 Å². The third kappa shape index (κ3) is 2.69. The van der Waals surface area contributed by atoms with Gasteiger partial charge in [-0.3, -0.25) is 0 Å². The van der Waals surface area contributed by atoms with Gasteiger partial charge in [0.25, 0.3) is 0 Å². The van der Waals surface area contributed by atoms with E-state index in [1.807, 2.05) is 25.2 Å². The maximum absolute atomic E-state index is 3.50. The van der Waals surface area contributed by atoms with Gasteiger partial charge in [0, 0.05) is 24.6 Å². The van der Waals surface area contributed by atoms with Crippen LogP contribution >= 0.6 is 27.3 Å². The molecule has 0 bridgehead atoms. The first kappa shape index (κ1) is 15.3. The number of hydrogen-bond acceptors (Lipinski definition) is 1. The zero-order valence-corrected chi connectivity index (χ0v) is 15.0. The van der Waals surface area contributed by atoms with Crippen molar-refractivity contribution in [3.05, 3.63) is 71.2 Å². The highest BCUT2D eigenvalue weighted by atomic mass is 79.9. The molecular weight excluding hydrogens is 352 g/mol. The third-order valence-electron chi connectivity index (χ3n) is 3.56. The van der Waals surface area contributed by atoms with Gasteiger partial charge in [0.15, 0.2) is 0 Å². The van der Waals surface area contributed by atoms with Crippen LogP contribution in [0.1, 0.15) is 13.8 Å². The van der Waals surface area contributed by atoms with Gasteiger partial charge in [0.05, 0.1) is 0 Å². The molecule has 0 radical (unpaired) electrons. The van der Waals surface area contributed by atoms with Crippen molar-refractivity contribution in [2.24, 2.45) is 0 Å². The van der Waals surface area contributed by atoms with Crippen LogP contribution in [-0.2, 0) is 0 Å².